The van der Waals surface area contributed by atoms with Crippen molar-refractivity contribution in [3.63, 3.8) is 0 Å². The van der Waals surface area contributed by atoms with Gasteiger partial charge in [-0.05, 0) is 44.9 Å². The Morgan fingerprint density at radius 1 is 1.29 bits per heavy atom. The van der Waals surface area contributed by atoms with Crippen LogP contribution in [-0.2, 0) is 11.2 Å². The van der Waals surface area contributed by atoms with Crippen LogP contribution < -0.4 is 10.1 Å². The Morgan fingerprint density at radius 3 is 2.74 bits per heavy atom. The number of aliphatic hydroxyl groups is 1. The number of aliphatic hydroxyl groups excluding tert-OH is 1. The summed E-state index contributed by atoms with van der Waals surface area (Å²) in [6, 6.07) is 9.71. The van der Waals surface area contributed by atoms with Crippen molar-refractivity contribution in [3.8, 4) is 5.75 Å². The zero-order valence-corrected chi connectivity index (χ0v) is 18.8. The minimum absolute atomic E-state index is 0.0960. The number of nitrogens with one attached hydrogen (secondary N) is 2. The minimum Gasteiger partial charge on any atom is -0.476 e. The van der Waals surface area contributed by atoms with Gasteiger partial charge in [0.15, 0.2) is 5.60 Å². The van der Waals surface area contributed by atoms with Gasteiger partial charge in [-0.15, -0.1) is 0 Å². The van der Waals surface area contributed by atoms with E-state index in [2.05, 4.69) is 22.2 Å². The van der Waals surface area contributed by atoms with E-state index in [1.807, 2.05) is 36.5 Å². The molecule has 0 unspecified atom stereocenters. The number of pyridine rings is 1. The monoisotopic (exact) mass is 424 g/mol. The molecule has 0 aliphatic rings. The lowest BCUT2D eigenvalue weighted by Gasteiger charge is -2.28. The maximum absolute atomic E-state index is 12.4. The number of para-hydroxylation sites is 1. The average molecular weight is 425 g/mol. The molecule has 3 N–H and O–H groups in total. The van der Waals surface area contributed by atoms with Crippen LogP contribution in [0.5, 0.6) is 5.75 Å². The number of nitrogens with zero attached hydrogens (tertiary/aromatic N) is 2. The maximum atomic E-state index is 12.4. The minimum atomic E-state index is -0.972. The Balaban J connectivity index is 1.68. The number of H-pyrrole nitrogens is 1. The number of benzene rings is 1. The highest BCUT2D eigenvalue weighted by atomic mass is 16.5. The second-order valence-electron chi connectivity index (χ2n) is 8.62. The summed E-state index contributed by atoms with van der Waals surface area (Å²) in [7, 11) is 3.45. The number of ether oxygens (including phenoxy) is 1. The number of fused-ring (bicyclic) bond motifs is 1. The Hall–Kier alpha value is -2.90. The molecule has 2 heterocycles. The summed E-state index contributed by atoms with van der Waals surface area (Å²) >= 11 is 0. The predicted molar refractivity (Wildman–Crippen MR) is 122 cm³/mol. The van der Waals surface area contributed by atoms with Crippen molar-refractivity contribution < 1.29 is 14.6 Å². The molecule has 2 atom stereocenters. The zero-order valence-electron chi connectivity index (χ0n) is 18.8. The number of rotatable bonds is 9. The van der Waals surface area contributed by atoms with Gasteiger partial charge in [0.2, 0.25) is 0 Å². The molecule has 0 saturated heterocycles. The number of hydrogen-bond acceptors (Lipinski definition) is 5. The van der Waals surface area contributed by atoms with Gasteiger partial charge in [0.1, 0.15) is 5.75 Å². The molecule has 2 aromatic heterocycles. The topological polar surface area (TPSA) is 90.5 Å². The number of amides is 1. The van der Waals surface area contributed by atoms with Gasteiger partial charge in [-0.25, -0.2) is 0 Å². The first-order chi connectivity index (χ1) is 14.7. The van der Waals surface area contributed by atoms with Crippen molar-refractivity contribution in [1.82, 2.24) is 20.2 Å². The molecule has 1 aromatic carbocycles. The third-order valence-electron chi connectivity index (χ3n) is 5.30. The van der Waals surface area contributed by atoms with Crippen molar-refractivity contribution in [1.29, 1.82) is 0 Å². The summed E-state index contributed by atoms with van der Waals surface area (Å²) in [5.74, 6) is 0.554. The number of aromatic amines is 1. The van der Waals surface area contributed by atoms with Crippen LogP contribution in [-0.4, -0.2) is 58.2 Å². The predicted octanol–water partition coefficient (Wildman–Crippen LogP) is 3.06. The van der Waals surface area contributed by atoms with Crippen LogP contribution in [0.2, 0.25) is 0 Å². The van der Waals surface area contributed by atoms with Crippen LogP contribution in [0.4, 0.5) is 0 Å². The third kappa shape index (κ3) is 5.42. The Labute approximate surface area is 183 Å². The fourth-order valence-electron chi connectivity index (χ4n) is 3.70. The molecule has 3 aromatic rings. The van der Waals surface area contributed by atoms with E-state index in [0.717, 1.165) is 28.5 Å². The number of carbonyl (C=O) groups excluding carboxylic acids is 1. The number of likely N-dealkylation sites (N-methyl/N-ethyl adjacent to an activating group) is 1. The van der Waals surface area contributed by atoms with E-state index in [1.54, 1.807) is 40.3 Å². The van der Waals surface area contributed by atoms with Crippen molar-refractivity contribution in [2.75, 3.05) is 20.6 Å². The molecular formula is C24H32N4O3. The van der Waals surface area contributed by atoms with Crippen molar-refractivity contribution in [2.24, 2.45) is 0 Å². The fourth-order valence-corrected chi connectivity index (χ4v) is 3.70. The van der Waals surface area contributed by atoms with Gasteiger partial charge in [-0.1, -0.05) is 18.2 Å². The Morgan fingerprint density at radius 2 is 2.06 bits per heavy atom. The molecule has 0 aliphatic carbocycles. The SMILES string of the molecule is C[C@H](Cc1c[nH]c2c(OC(C)(C)C(=O)N(C)C)cccc12)NC[C@H](O)c1cccnc1. The van der Waals surface area contributed by atoms with Gasteiger partial charge >= 0.3 is 0 Å². The van der Waals surface area contributed by atoms with E-state index in [1.165, 1.54) is 4.90 Å². The molecule has 0 spiro atoms. The van der Waals surface area contributed by atoms with Gasteiger partial charge < -0.3 is 25.0 Å². The van der Waals surface area contributed by atoms with Crippen molar-refractivity contribution in [3.05, 3.63) is 60.0 Å². The molecule has 31 heavy (non-hydrogen) atoms. The molecule has 0 bridgehead atoms. The Kier molecular flexibility index (Phi) is 6.97. The highest BCUT2D eigenvalue weighted by Crippen LogP contribution is 2.31. The molecule has 0 radical (unpaired) electrons. The summed E-state index contributed by atoms with van der Waals surface area (Å²) in [5, 5.41) is 14.8. The lowest BCUT2D eigenvalue weighted by Crippen LogP contribution is -2.45. The van der Waals surface area contributed by atoms with Gasteiger partial charge in [-0.3, -0.25) is 9.78 Å². The first-order valence-corrected chi connectivity index (χ1v) is 10.5. The number of aromatic nitrogens is 2. The normalized spacial score (nSPS) is 13.7. The maximum Gasteiger partial charge on any atom is 0.265 e. The van der Waals surface area contributed by atoms with E-state index in [9.17, 15) is 9.90 Å². The fraction of sp³-hybridized carbons (Fsp3) is 0.417. The first kappa shape index (κ1) is 22.8. The highest BCUT2D eigenvalue weighted by molar-refractivity contribution is 5.90. The van der Waals surface area contributed by atoms with E-state index in [-0.39, 0.29) is 11.9 Å². The molecule has 3 rings (SSSR count). The lowest BCUT2D eigenvalue weighted by molar-refractivity contribution is -0.142. The second-order valence-corrected chi connectivity index (χ2v) is 8.62. The number of carbonyl (C=O) groups is 1. The van der Waals surface area contributed by atoms with Crippen LogP contribution in [0.1, 0.15) is 38.0 Å². The van der Waals surface area contributed by atoms with Crippen LogP contribution in [0.3, 0.4) is 0 Å². The summed E-state index contributed by atoms with van der Waals surface area (Å²) < 4.78 is 6.11. The Bertz CT molecular complexity index is 1010. The smallest absolute Gasteiger partial charge is 0.265 e. The van der Waals surface area contributed by atoms with Crippen LogP contribution in [0, 0.1) is 0 Å². The quantitative estimate of drug-likeness (QED) is 0.491. The standard InChI is InChI=1S/C24H32N4O3/c1-16(26-15-20(29)17-8-7-11-25-13-17)12-18-14-27-22-19(18)9-6-10-21(22)31-24(2,3)23(30)28(4)5/h6-11,13-14,16,20,26-27,29H,12,15H2,1-5H3/t16-,20+/m1/s1. The summed E-state index contributed by atoms with van der Waals surface area (Å²) in [6.07, 6.45) is 5.53. The molecule has 166 valence electrons. The number of hydrogen-bond donors (Lipinski definition) is 3. The van der Waals surface area contributed by atoms with Crippen LogP contribution >= 0.6 is 0 Å². The first-order valence-electron chi connectivity index (χ1n) is 10.5. The van der Waals surface area contributed by atoms with Crippen molar-refractivity contribution >= 4 is 16.8 Å². The molecule has 0 saturated carbocycles. The van der Waals surface area contributed by atoms with E-state index in [0.29, 0.717) is 12.3 Å². The lowest BCUT2D eigenvalue weighted by atomic mass is 10.0. The molecule has 7 nitrogen and oxygen atoms in total. The zero-order chi connectivity index (χ0) is 22.6. The molecule has 0 fully saturated rings. The van der Waals surface area contributed by atoms with Gasteiger partial charge in [-0.2, -0.15) is 0 Å². The highest BCUT2D eigenvalue weighted by Gasteiger charge is 2.32. The van der Waals surface area contributed by atoms with Gasteiger partial charge in [0, 0.05) is 56.2 Å². The molecular weight excluding hydrogens is 392 g/mol. The third-order valence-corrected chi connectivity index (χ3v) is 5.30. The molecule has 0 aliphatic heterocycles. The largest absolute Gasteiger partial charge is 0.476 e. The second kappa shape index (κ2) is 9.49. The average Bonchev–Trinajstić information content (AvgIpc) is 3.15. The molecule has 7 heteroatoms. The van der Waals surface area contributed by atoms with Gasteiger partial charge in [0.05, 0.1) is 11.6 Å². The van der Waals surface area contributed by atoms with Crippen LogP contribution in [0.15, 0.2) is 48.9 Å². The van der Waals surface area contributed by atoms with E-state index >= 15 is 0 Å². The van der Waals surface area contributed by atoms with E-state index < -0.39 is 11.7 Å². The molecule has 1 amide bonds. The van der Waals surface area contributed by atoms with Crippen LogP contribution in [0.25, 0.3) is 10.9 Å². The summed E-state index contributed by atoms with van der Waals surface area (Å²) in [6.45, 7) is 6.09. The van der Waals surface area contributed by atoms with Crippen molar-refractivity contribution in [2.45, 2.75) is 44.9 Å². The van der Waals surface area contributed by atoms with E-state index in [4.69, 9.17) is 4.74 Å². The summed E-state index contributed by atoms with van der Waals surface area (Å²) in [4.78, 5) is 21.3. The summed E-state index contributed by atoms with van der Waals surface area (Å²) in [5.41, 5.74) is 1.85. The van der Waals surface area contributed by atoms with Gasteiger partial charge in [0.25, 0.3) is 5.91 Å².